The number of benzene rings is 8. The van der Waals surface area contributed by atoms with E-state index in [1.54, 1.807) is 0 Å². The SMILES string of the molecule is c1ccc(-c2ccc(-c3nc(-c4ccccc4)nc(-c4ccc5c(c4)oc4ccc(-c6cccc7sc8cccc(-c9ccccc9)c8c67)cc45)n3)cc2)cc1. The van der Waals surface area contributed by atoms with Crippen LogP contribution in [-0.2, 0) is 0 Å². The highest BCUT2D eigenvalue weighted by molar-refractivity contribution is 7.26. The Morgan fingerprint density at radius 1 is 0.321 bits per heavy atom. The Hall–Kier alpha value is -7.21. The van der Waals surface area contributed by atoms with Crippen molar-refractivity contribution in [1.82, 2.24) is 15.0 Å². The molecule has 0 aliphatic carbocycles. The molecule has 0 N–H and O–H groups in total. The van der Waals surface area contributed by atoms with Crippen LogP contribution in [0.15, 0.2) is 192 Å². The first-order valence-electron chi connectivity index (χ1n) is 18.7. The fourth-order valence-corrected chi connectivity index (χ4v) is 9.00. The summed E-state index contributed by atoms with van der Waals surface area (Å²) in [5, 5.41) is 4.71. The van der Waals surface area contributed by atoms with Gasteiger partial charge in [-0.05, 0) is 69.8 Å². The summed E-state index contributed by atoms with van der Waals surface area (Å²) in [6, 6.07) is 65.7. The first kappa shape index (κ1) is 32.2. The summed E-state index contributed by atoms with van der Waals surface area (Å²) in [6.07, 6.45) is 0. The summed E-state index contributed by atoms with van der Waals surface area (Å²) in [4.78, 5) is 15.0. The van der Waals surface area contributed by atoms with Crippen LogP contribution >= 0.6 is 11.3 Å². The van der Waals surface area contributed by atoms with Crippen molar-refractivity contribution in [1.29, 1.82) is 0 Å². The average Bonchev–Trinajstić information content (AvgIpc) is 3.85. The number of furan rings is 1. The van der Waals surface area contributed by atoms with Crippen LogP contribution in [0.3, 0.4) is 0 Å². The van der Waals surface area contributed by atoms with Gasteiger partial charge in [0.05, 0.1) is 0 Å². The second-order valence-electron chi connectivity index (χ2n) is 14.0. The molecule has 0 radical (unpaired) electrons. The summed E-state index contributed by atoms with van der Waals surface area (Å²) >= 11 is 1.85. The van der Waals surface area contributed by atoms with Gasteiger partial charge in [-0.15, -0.1) is 11.3 Å². The smallest absolute Gasteiger partial charge is 0.164 e. The van der Waals surface area contributed by atoms with Crippen LogP contribution in [0.5, 0.6) is 0 Å². The minimum atomic E-state index is 0.592. The summed E-state index contributed by atoms with van der Waals surface area (Å²) in [6.45, 7) is 0. The molecular formula is C51H31N3OS. The molecule has 0 fully saturated rings. The van der Waals surface area contributed by atoms with E-state index < -0.39 is 0 Å². The van der Waals surface area contributed by atoms with Gasteiger partial charge in [0.1, 0.15) is 11.2 Å². The molecule has 0 aliphatic heterocycles. The molecule has 0 saturated carbocycles. The highest BCUT2D eigenvalue weighted by atomic mass is 32.1. The topological polar surface area (TPSA) is 51.8 Å². The Balaban J connectivity index is 1.02. The van der Waals surface area contributed by atoms with Gasteiger partial charge in [-0.25, -0.2) is 15.0 Å². The maximum atomic E-state index is 6.54. The van der Waals surface area contributed by atoms with Crippen molar-refractivity contribution in [2.45, 2.75) is 0 Å². The first-order valence-corrected chi connectivity index (χ1v) is 19.5. The number of rotatable bonds is 6. The Morgan fingerprint density at radius 3 is 1.45 bits per heavy atom. The molecule has 3 aromatic heterocycles. The van der Waals surface area contributed by atoms with E-state index in [9.17, 15) is 0 Å². The monoisotopic (exact) mass is 733 g/mol. The number of hydrogen-bond donors (Lipinski definition) is 0. The van der Waals surface area contributed by atoms with Crippen molar-refractivity contribution in [3.8, 4) is 67.5 Å². The fraction of sp³-hybridized carbons (Fsp3) is 0. The zero-order chi connectivity index (χ0) is 37.0. The number of fused-ring (bicyclic) bond motifs is 6. The van der Waals surface area contributed by atoms with E-state index >= 15 is 0 Å². The van der Waals surface area contributed by atoms with Gasteiger partial charge in [-0.3, -0.25) is 0 Å². The van der Waals surface area contributed by atoms with E-state index in [1.807, 2.05) is 47.7 Å². The van der Waals surface area contributed by atoms with Crippen LogP contribution in [0.2, 0.25) is 0 Å². The number of aromatic nitrogens is 3. The van der Waals surface area contributed by atoms with E-state index in [2.05, 4.69) is 152 Å². The zero-order valence-electron chi connectivity index (χ0n) is 30.1. The molecule has 0 saturated heterocycles. The molecule has 0 amide bonds. The molecular weight excluding hydrogens is 703 g/mol. The van der Waals surface area contributed by atoms with Crippen LogP contribution in [0, 0.1) is 0 Å². The maximum absolute atomic E-state index is 6.54. The van der Waals surface area contributed by atoms with E-state index in [-0.39, 0.29) is 0 Å². The van der Waals surface area contributed by atoms with Gasteiger partial charge in [-0.2, -0.15) is 0 Å². The van der Waals surface area contributed by atoms with E-state index in [4.69, 9.17) is 19.4 Å². The Bertz CT molecular complexity index is 3230. The van der Waals surface area contributed by atoms with Crippen molar-refractivity contribution in [2.75, 3.05) is 0 Å². The molecule has 0 atom stereocenters. The highest BCUT2D eigenvalue weighted by Gasteiger charge is 2.18. The lowest BCUT2D eigenvalue weighted by atomic mass is 9.94. The van der Waals surface area contributed by atoms with Crippen LogP contribution in [0.4, 0.5) is 0 Å². The third-order valence-corrected chi connectivity index (χ3v) is 11.7. The Morgan fingerprint density at radius 2 is 0.804 bits per heavy atom. The molecule has 0 spiro atoms. The van der Waals surface area contributed by atoms with Crippen molar-refractivity contribution in [3.05, 3.63) is 188 Å². The summed E-state index contributed by atoms with van der Waals surface area (Å²) < 4.78 is 9.11. The van der Waals surface area contributed by atoms with Gasteiger partial charge in [-0.1, -0.05) is 152 Å². The fourth-order valence-electron chi connectivity index (χ4n) is 7.84. The normalized spacial score (nSPS) is 11.6. The molecule has 11 aromatic rings. The summed E-state index contributed by atoms with van der Waals surface area (Å²) in [5.41, 5.74) is 11.5. The predicted octanol–water partition coefficient (Wildman–Crippen LogP) is 14.1. The second kappa shape index (κ2) is 13.3. The van der Waals surface area contributed by atoms with Gasteiger partial charge in [0.2, 0.25) is 0 Å². The molecule has 8 aromatic carbocycles. The third-order valence-electron chi connectivity index (χ3n) is 10.6. The lowest BCUT2D eigenvalue weighted by Crippen LogP contribution is -2.00. The van der Waals surface area contributed by atoms with Crippen LogP contribution in [-0.4, -0.2) is 15.0 Å². The van der Waals surface area contributed by atoms with Crippen LogP contribution in [0.25, 0.3) is 110 Å². The molecule has 5 heteroatoms. The zero-order valence-corrected chi connectivity index (χ0v) is 30.9. The van der Waals surface area contributed by atoms with Crippen LogP contribution in [0.1, 0.15) is 0 Å². The van der Waals surface area contributed by atoms with Crippen molar-refractivity contribution in [2.24, 2.45) is 0 Å². The first-order chi connectivity index (χ1) is 27.7. The van der Waals surface area contributed by atoms with Crippen LogP contribution < -0.4 is 0 Å². The molecule has 3 heterocycles. The number of hydrogen-bond acceptors (Lipinski definition) is 5. The minimum Gasteiger partial charge on any atom is -0.456 e. The standard InChI is InChI=1S/C51H31N3OS/c1-4-12-32(13-5-1)33-22-24-36(25-23-33)50-52-49(35-16-8-3-9-17-35)53-51(54-50)38-26-28-41-42-30-37(27-29-43(42)55-44(41)31-38)40-19-11-21-46-48(40)47-39(18-10-20-45(47)56-46)34-14-6-2-7-15-34/h1-31H. The molecule has 0 aliphatic rings. The molecule has 0 bridgehead atoms. The summed E-state index contributed by atoms with van der Waals surface area (Å²) in [5.74, 6) is 1.83. The predicted molar refractivity (Wildman–Crippen MR) is 233 cm³/mol. The number of nitrogens with zero attached hydrogens (tertiary/aromatic N) is 3. The quantitative estimate of drug-likeness (QED) is 0.171. The average molecular weight is 734 g/mol. The van der Waals surface area contributed by atoms with Gasteiger partial charge in [0, 0.05) is 47.6 Å². The summed E-state index contributed by atoms with van der Waals surface area (Å²) in [7, 11) is 0. The Labute approximate surface area is 327 Å². The molecule has 56 heavy (non-hydrogen) atoms. The molecule has 11 rings (SSSR count). The molecule has 0 unspecified atom stereocenters. The minimum absolute atomic E-state index is 0.592. The van der Waals surface area contributed by atoms with Crippen molar-refractivity contribution in [3.63, 3.8) is 0 Å². The Kier molecular flexibility index (Phi) is 7.64. The van der Waals surface area contributed by atoms with Gasteiger partial charge < -0.3 is 4.42 Å². The lowest BCUT2D eigenvalue weighted by molar-refractivity contribution is 0.669. The van der Waals surface area contributed by atoms with E-state index in [0.29, 0.717) is 17.5 Å². The largest absolute Gasteiger partial charge is 0.456 e. The second-order valence-corrected chi connectivity index (χ2v) is 15.0. The number of thiophene rings is 1. The van der Waals surface area contributed by atoms with Gasteiger partial charge >= 0.3 is 0 Å². The highest BCUT2D eigenvalue weighted by Crippen LogP contribution is 2.45. The molecule has 262 valence electrons. The van der Waals surface area contributed by atoms with Gasteiger partial charge in [0.25, 0.3) is 0 Å². The maximum Gasteiger partial charge on any atom is 0.164 e. The molecule has 4 nitrogen and oxygen atoms in total. The third kappa shape index (κ3) is 5.56. The van der Waals surface area contributed by atoms with Gasteiger partial charge in [0.15, 0.2) is 17.5 Å². The van der Waals surface area contributed by atoms with Crippen molar-refractivity contribution < 1.29 is 4.42 Å². The van der Waals surface area contributed by atoms with E-state index in [1.165, 1.54) is 42.4 Å². The van der Waals surface area contributed by atoms with Crippen molar-refractivity contribution >= 4 is 53.4 Å². The van der Waals surface area contributed by atoms with E-state index in [0.717, 1.165) is 49.8 Å². The lowest BCUT2D eigenvalue weighted by Gasteiger charge is -2.09.